The van der Waals surface area contributed by atoms with Crippen LogP contribution in [0, 0.1) is 5.92 Å². The van der Waals surface area contributed by atoms with Crippen LogP contribution in [0.5, 0.6) is 5.75 Å². The molecule has 2 atom stereocenters. The van der Waals surface area contributed by atoms with E-state index < -0.39 is 10.0 Å². The number of piperidine rings is 1. The first-order valence-corrected chi connectivity index (χ1v) is 12.0. The van der Waals surface area contributed by atoms with Gasteiger partial charge in [-0.1, -0.05) is 32.0 Å². The van der Waals surface area contributed by atoms with Crippen LogP contribution in [0.2, 0.25) is 0 Å². The van der Waals surface area contributed by atoms with Crippen molar-refractivity contribution in [2.24, 2.45) is 5.92 Å². The molecule has 1 N–H and O–H groups in total. The monoisotopic (exact) mass is 408 g/mol. The summed E-state index contributed by atoms with van der Waals surface area (Å²) in [5.41, 5.74) is 0.721. The summed E-state index contributed by atoms with van der Waals surface area (Å²) in [6.45, 7) is 6.66. The van der Waals surface area contributed by atoms with E-state index in [0.29, 0.717) is 6.54 Å². The summed E-state index contributed by atoms with van der Waals surface area (Å²) < 4.78 is 32.2. The minimum Gasteiger partial charge on any atom is -0.487 e. The van der Waals surface area contributed by atoms with E-state index in [9.17, 15) is 13.2 Å². The molecule has 0 aliphatic carbocycles. The minimum absolute atomic E-state index is 0.0567. The predicted octanol–water partition coefficient (Wildman–Crippen LogP) is 3.25. The molecule has 156 valence electrons. The van der Waals surface area contributed by atoms with Crippen LogP contribution < -0.4 is 10.1 Å². The summed E-state index contributed by atoms with van der Waals surface area (Å²) in [6, 6.07) is 7.76. The maximum absolute atomic E-state index is 13.1. The van der Waals surface area contributed by atoms with Crippen LogP contribution in [-0.4, -0.2) is 43.1 Å². The maximum atomic E-state index is 13.1. The lowest BCUT2D eigenvalue weighted by atomic mass is 9.83. The Hall–Kier alpha value is -1.60. The third-order valence-corrected chi connectivity index (χ3v) is 8.16. The van der Waals surface area contributed by atoms with Crippen LogP contribution in [0.25, 0.3) is 0 Å². The smallest absolute Gasteiger partial charge is 0.224 e. The van der Waals surface area contributed by atoms with Gasteiger partial charge in [0.1, 0.15) is 11.4 Å². The number of amides is 1. The van der Waals surface area contributed by atoms with Crippen LogP contribution in [-0.2, 0) is 14.8 Å². The molecule has 28 heavy (non-hydrogen) atoms. The molecule has 1 fully saturated rings. The van der Waals surface area contributed by atoms with Gasteiger partial charge in [0.2, 0.25) is 15.9 Å². The number of ether oxygens (including phenoxy) is 1. The Kier molecular flexibility index (Phi) is 6.34. The van der Waals surface area contributed by atoms with Crippen molar-refractivity contribution >= 4 is 15.9 Å². The van der Waals surface area contributed by atoms with E-state index >= 15 is 0 Å². The molecule has 0 saturated carbocycles. The van der Waals surface area contributed by atoms with E-state index in [1.54, 1.807) is 6.92 Å². The Labute approximate surface area is 168 Å². The highest BCUT2D eigenvalue weighted by molar-refractivity contribution is 7.89. The molecule has 0 radical (unpaired) electrons. The molecule has 6 nitrogen and oxygen atoms in total. The Balaban J connectivity index is 1.77. The van der Waals surface area contributed by atoms with Crippen molar-refractivity contribution in [1.29, 1.82) is 0 Å². The minimum atomic E-state index is -3.26. The van der Waals surface area contributed by atoms with Crippen LogP contribution in [0.15, 0.2) is 24.3 Å². The number of hydrogen-bond donors (Lipinski definition) is 1. The molecule has 3 rings (SSSR count). The molecule has 7 heteroatoms. The van der Waals surface area contributed by atoms with Crippen molar-refractivity contribution in [3.63, 3.8) is 0 Å². The van der Waals surface area contributed by atoms with Gasteiger partial charge >= 0.3 is 0 Å². The molecule has 0 unspecified atom stereocenters. The van der Waals surface area contributed by atoms with Crippen LogP contribution in [0.4, 0.5) is 0 Å². The molecule has 0 aromatic heterocycles. The number of nitrogens with zero attached hydrogens (tertiary/aromatic N) is 1. The molecule has 2 aliphatic rings. The SMILES string of the molecule is CCC1(CC)C[C@H](NC(=O)[C@@H]2CCCN(S(=O)(=O)CC)C2)c2ccccc2O1. The van der Waals surface area contributed by atoms with Gasteiger partial charge in [0.25, 0.3) is 0 Å². The Bertz CT molecular complexity index is 804. The largest absolute Gasteiger partial charge is 0.487 e. The van der Waals surface area contributed by atoms with E-state index in [1.165, 1.54) is 4.31 Å². The standard InChI is InChI=1S/C21H32N2O4S/c1-4-21(5-2)14-18(17-11-7-8-12-19(17)27-21)22-20(24)16-10-9-13-23(15-16)28(25,26)6-3/h7-8,11-12,16,18H,4-6,9-10,13-15H2,1-3H3,(H,22,24)/t16-,18+/m1/s1. The van der Waals surface area contributed by atoms with E-state index in [-0.39, 0.29) is 35.8 Å². The molecule has 2 aliphatic heterocycles. The highest BCUT2D eigenvalue weighted by Gasteiger charge is 2.40. The van der Waals surface area contributed by atoms with Crippen LogP contribution >= 0.6 is 0 Å². The Morgan fingerprint density at radius 2 is 1.96 bits per heavy atom. The second-order valence-electron chi connectivity index (χ2n) is 7.89. The van der Waals surface area contributed by atoms with Crippen LogP contribution in [0.3, 0.4) is 0 Å². The van der Waals surface area contributed by atoms with Gasteiger partial charge in [-0.25, -0.2) is 12.7 Å². The second-order valence-corrected chi connectivity index (χ2v) is 10.2. The zero-order chi connectivity index (χ0) is 20.4. The number of benzene rings is 1. The average molecular weight is 409 g/mol. The van der Waals surface area contributed by atoms with Crippen molar-refractivity contribution in [2.45, 2.75) is 64.5 Å². The molecular weight excluding hydrogens is 376 g/mol. The fraction of sp³-hybridized carbons (Fsp3) is 0.667. The number of hydrogen-bond acceptors (Lipinski definition) is 4. The number of nitrogens with one attached hydrogen (secondary N) is 1. The van der Waals surface area contributed by atoms with Crippen LogP contribution in [0.1, 0.15) is 64.5 Å². The maximum Gasteiger partial charge on any atom is 0.224 e. The van der Waals surface area contributed by atoms with E-state index in [0.717, 1.165) is 43.4 Å². The quantitative estimate of drug-likeness (QED) is 0.784. The first kappa shape index (κ1) is 21.1. The number of sulfonamides is 1. The summed E-state index contributed by atoms with van der Waals surface area (Å²) in [7, 11) is -3.26. The van der Waals surface area contributed by atoms with Crippen molar-refractivity contribution < 1.29 is 17.9 Å². The van der Waals surface area contributed by atoms with Crippen molar-refractivity contribution in [1.82, 2.24) is 9.62 Å². The van der Waals surface area contributed by atoms with Gasteiger partial charge in [-0.3, -0.25) is 4.79 Å². The summed E-state index contributed by atoms with van der Waals surface area (Å²) in [5, 5.41) is 3.22. The summed E-state index contributed by atoms with van der Waals surface area (Å²) >= 11 is 0. The zero-order valence-electron chi connectivity index (χ0n) is 17.1. The molecule has 2 heterocycles. The number of carbonyl (C=O) groups is 1. The fourth-order valence-electron chi connectivity index (χ4n) is 4.31. The molecule has 1 saturated heterocycles. The molecule has 0 bridgehead atoms. The summed E-state index contributed by atoms with van der Waals surface area (Å²) in [4.78, 5) is 13.1. The van der Waals surface area contributed by atoms with Gasteiger partial charge in [-0.05, 0) is 38.7 Å². The first-order chi connectivity index (χ1) is 13.3. The van der Waals surface area contributed by atoms with Gasteiger partial charge in [-0.15, -0.1) is 0 Å². The highest BCUT2D eigenvalue weighted by atomic mass is 32.2. The molecule has 1 aromatic carbocycles. The lowest BCUT2D eigenvalue weighted by Gasteiger charge is -2.42. The highest BCUT2D eigenvalue weighted by Crippen LogP contribution is 2.42. The number of rotatable bonds is 6. The lowest BCUT2D eigenvalue weighted by molar-refractivity contribution is -0.127. The van der Waals surface area contributed by atoms with Gasteiger partial charge in [-0.2, -0.15) is 0 Å². The molecule has 1 aromatic rings. The van der Waals surface area contributed by atoms with Gasteiger partial charge < -0.3 is 10.1 Å². The topological polar surface area (TPSA) is 75.7 Å². The van der Waals surface area contributed by atoms with E-state index in [4.69, 9.17) is 4.74 Å². The molecule has 0 spiro atoms. The Morgan fingerprint density at radius 1 is 1.25 bits per heavy atom. The number of para-hydroxylation sites is 1. The van der Waals surface area contributed by atoms with Crippen molar-refractivity contribution in [3.8, 4) is 5.75 Å². The van der Waals surface area contributed by atoms with E-state index in [1.807, 2.05) is 24.3 Å². The molecular formula is C21H32N2O4S. The second kappa shape index (κ2) is 8.41. The number of fused-ring (bicyclic) bond motifs is 1. The Morgan fingerprint density at radius 3 is 2.64 bits per heavy atom. The lowest BCUT2D eigenvalue weighted by Crippen LogP contribution is -2.49. The normalized spacial score (nSPS) is 24.8. The zero-order valence-corrected chi connectivity index (χ0v) is 17.9. The predicted molar refractivity (Wildman–Crippen MR) is 110 cm³/mol. The third-order valence-electron chi connectivity index (χ3n) is 6.32. The summed E-state index contributed by atoms with van der Waals surface area (Å²) in [6.07, 6.45) is 3.91. The van der Waals surface area contributed by atoms with Crippen molar-refractivity contribution in [2.75, 3.05) is 18.8 Å². The van der Waals surface area contributed by atoms with Gasteiger partial charge in [0, 0.05) is 25.1 Å². The third kappa shape index (κ3) is 4.20. The summed E-state index contributed by atoms with van der Waals surface area (Å²) in [5.74, 6) is 0.549. The van der Waals surface area contributed by atoms with Gasteiger partial charge in [0.05, 0.1) is 17.7 Å². The van der Waals surface area contributed by atoms with E-state index in [2.05, 4.69) is 19.2 Å². The molecule has 1 amide bonds. The first-order valence-electron chi connectivity index (χ1n) is 10.4. The fourth-order valence-corrected chi connectivity index (χ4v) is 5.49. The number of carbonyl (C=O) groups excluding carboxylic acids is 1. The van der Waals surface area contributed by atoms with Crippen molar-refractivity contribution in [3.05, 3.63) is 29.8 Å². The average Bonchev–Trinajstić information content (AvgIpc) is 2.73. The van der Waals surface area contributed by atoms with Gasteiger partial charge in [0.15, 0.2) is 0 Å².